The zero-order valence-corrected chi connectivity index (χ0v) is 12.8. The summed E-state index contributed by atoms with van der Waals surface area (Å²) in [5.74, 6) is 2.51. The van der Waals surface area contributed by atoms with E-state index in [0.717, 1.165) is 42.3 Å². The maximum Gasteiger partial charge on any atom is 0.172 e. The molecule has 2 heterocycles. The number of piperidine rings is 1. The summed E-state index contributed by atoms with van der Waals surface area (Å²) in [7, 11) is 0. The van der Waals surface area contributed by atoms with Crippen LogP contribution in [-0.4, -0.2) is 35.6 Å². The number of fused-ring (bicyclic) bond motifs is 1. The van der Waals surface area contributed by atoms with Gasteiger partial charge in [-0.1, -0.05) is 12.1 Å². The molecule has 2 aliphatic rings. The quantitative estimate of drug-likeness (QED) is 0.907. The van der Waals surface area contributed by atoms with Gasteiger partial charge in [-0.05, 0) is 50.3 Å². The molecule has 0 amide bonds. The van der Waals surface area contributed by atoms with E-state index in [1.54, 1.807) is 0 Å². The van der Waals surface area contributed by atoms with E-state index in [1.165, 1.54) is 25.7 Å². The van der Waals surface area contributed by atoms with E-state index in [0.29, 0.717) is 12.0 Å². The molecule has 1 saturated heterocycles. The minimum atomic E-state index is 0.566. The number of anilines is 2. The lowest BCUT2D eigenvalue weighted by Crippen LogP contribution is -2.39. The van der Waals surface area contributed by atoms with Crippen molar-refractivity contribution < 1.29 is 0 Å². The van der Waals surface area contributed by atoms with Gasteiger partial charge in [0.15, 0.2) is 11.6 Å². The molecule has 22 heavy (non-hydrogen) atoms. The number of para-hydroxylation sites is 2. The normalized spacial score (nSPS) is 22.0. The first kappa shape index (κ1) is 13.8. The number of benzene rings is 1. The van der Waals surface area contributed by atoms with Crippen LogP contribution in [0.4, 0.5) is 11.6 Å². The first-order chi connectivity index (χ1) is 10.8. The molecule has 3 N–H and O–H groups in total. The Kier molecular flexibility index (Phi) is 3.58. The fraction of sp³-hybridized carbons (Fsp3) is 0.529. The standard InChI is InChI=1S/C17H23N5/c18-10-12-4-3-9-22(11-12)17-16(19-13-7-8-13)20-14-5-1-2-6-15(14)21-17/h1-2,5-6,12-13H,3-4,7-11,18H2,(H,19,20). The van der Waals surface area contributed by atoms with Crippen LogP contribution in [0.2, 0.25) is 0 Å². The van der Waals surface area contributed by atoms with Gasteiger partial charge in [-0.2, -0.15) is 0 Å². The van der Waals surface area contributed by atoms with Crippen LogP contribution < -0.4 is 16.0 Å². The van der Waals surface area contributed by atoms with Crippen LogP contribution in [0.5, 0.6) is 0 Å². The van der Waals surface area contributed by atoms with E-state index in [9.17, 15) is 0 Å². The predicted molar refractivity (Wildman–Crippen MR) is 90.2 cm³/mol. The first-order valence-electron chi connectivity index (χ1n) is 8.32. The number of nitrogens with two attached hydrogens (primary N) is 1. The second-order valence-corrected chi connectivity index (χ2v) is 6.49. The summed E-state index contributed by atoms with van der Waals surface area (Å²) in [5, 5.41) is 3.56. The zero-order valence-electron chi connectivity index (χ0n) is 12.8. The predicted octanol–water partition coefficient (Wildman–Crippen LogP) is 2.38. The number of hydrogen-bond donors (Lipinski definition) is 2. The monoisotopic (exact) mass is 297 g/mol. The van der Waals surface area contributed by atoms with Gasteiger partial charge in [0.1, 0.15) is 0 Å². The van der Waals surface area contributed by atoms with E-state index in [4.69, 9.17) is 15.7 Å². The summed E-state index contributed by atoms with van der Waals surface area (Å²) >= 11 is 0. The molecule has 0 spiro atoms. The van der Waals surface area contributed by atoms with Gasteiger partial charge in [0.25, 0.3) is 0 Å². The third kappa shape index (κ3) is 2.73. The first-order valence-corrected chi connectivity index (χ1v) is 8.32. The van der Waals surface area contributed by atoms with E-state index >= 15 is 0 Å². The highest BCUT2D eigenvalue weighted by molar-refractivity contribution is 5.80. The molecular formula is C17H23N5. The van der Waals surface area contributed by atoms with Gasteiger partial charge in [-0.15, -0.1) is 0 Å². The highest BCUT2D eigenvalue weighted by atomic mass is 15.2. The average Bonchev–Trinajstić information content (AvgIpc) is 3.38. The van der Waals surface area contributed by atoms with Crippen LogP contribution in [0, 0.1) is 5.92 Å². The van der Waals surface area contributed by atoms with E-state index in [1.807, 2.05) is 24.3 Å². The smallest absolute Gasteiger partial charge is 0.172 e. The van der Waals surface area contributed by atoms with Gasteiger partial charge in [-0.25, -0.2) is 9.97 Å². The molecule has 2 aromatic rings. The second-order valence-electron chi connectivity index (χ2n) is 6.49. The van der Waals surface area contributed by atoms with E-state index in [-0.39, 0.29) is 0 Å². The summed E-state index contributed by atoms with van der Waals surface area (Å²) in [6.45, 7) is 2.79. The third-order valence-corrected chi connectivity index (χ3v) is 4.62. The van der Waals surface area contributed by atoms with Crippen LogP contribution in [-0.2, 0) is 0 Å². The SMILES string of the molecule is NCC1CCCN(c2nc3ccccc3nc2NC2CC2)C1. The van der Waals surface area contributed by atoms with Crippen molar-refractivity contribution in [1.29, 1.82) is 0 Å². The van der Waals surface area contributed by atoms with Gasteiger partial charge in [0, 0.05) is 19.1 Å². The molecule has 5 nitrogen and oxygen atoms in total. The molecule has 0 bridgehead atoms. The van der Waals surface area contributed by atoms with Crippen molar-refractivity contribution in [2.24, 2.45) is 11.7 Å². The Morgan fingerprint density at radius 3 is 2.64 bits per heavy atom. The number of nitrogens with one attached hydrogen (secondary N) is 1. The summed E-state index contributed by atoms with van der Waals surface area (Å²) in [5.41, 5.74) is 7.81. The van der Waals surface area contributed by atoms with E-state index < -0.39 is 0 Å². The Balaban J connectivity index is 1.72. The molecule has 1 aromatic heterocycles. The van der Waals surface area contributed by atoms with Crippen LogP contribution in [0.25, 0.3) is 11.0 Å². The number of hydrogen-bond acceptors (Lipinski definition) is 5. The summed E-state index contributed by atoms with van der Waals surface area (Å²) < 4.78 is 0. The van der Waals surface area contributed by atoms with Crippen LogP contribution >= 0.6 is 0 Å². The van der Waals surface area contributed by atoms with Gasteiger partial charge in [0.05, 0.1) is 11.0 Å². The summed E-state index contributed by atoms with van der Waals surface area (Å²) in [4.78, 5) is 12.1. The molecule has 116 valence electrons. The van der Waals surface area contributed by atoms with Crippen molar-refractivity contribution in [2.75, 3.05) is 29.9 Å². The van der Waals surface area contributed by atoms with Crippen molar-refractivity contribution in [3.63, 3.8) is 0 Å². The molecule has 1 aromatic carbocycles. The Morgan fingerprint density at radius 2 is 1.91 bits per heavy atom. The van der Waals surface area contributed by atoms with Crippen molar-refractivity contribution in [1.82, 2.24) is 9.97 Å². The lowest BCUT2D eigenvalue weighted by Gasteiger charge is -2.34. The summed E-state index contributed by atoms with van der Waals surface area (Å²) in [6.07, 6.45) is 4.87. The lowest BCUT2D eigenvalue weighted by atomic mass is 9.98. The van der Waals surface area contributed by atoms with Crippen molar-refractivity contribution >= 4 is 22.7 Å². The van der Waals surface area contributed by atoms with Gasteiger partial charge in [0.2, 0.25) is 0 Å². The van der Waals surface area contributed by atoms with Crippen molar-refractivity contribution in [3.8, 4) is 0 Å². The Morgan fingerprint density at radius 1 is 1.14 bits per heavy atom. The Hall–Kier alpha value is -1.88. The molecule has 1 unspecified atom stereocenters. The third-order valence-electron chi connectivity index (χ3n) is 4.62. The van der Waals surface area contributed by atoms with E-state index in [2.05, 4.69) is 10.2 Å². The topological polar surface area (TPSA) is 67.1 Å². The zero-order chi connectivity index (χ0) is 14.9. The van der Waals surface area contributed by atoms with Crippen LogP contribution in [0.15, 0.2) is 24.3 Å². The molecule has 5 heteroatoms. The minimum absolute atomic E-state index is 0.566. The summed E-state index contributed by atoms with van der Waals surface area (Å²) in [6, 6.07) is 8.68. The average molecular weight is 297 g/mol. The van der Waals surface area contributed by atoms with Crippen molar-refractivity contribution in [2.45, 2.75) is 31.7 Å². The lowest BCUT2D eigenvalue weighted by molar-refractivity contribution is 0.422. The molecule has 1 aliphatic heterocycles. The maximum absolute atomic E-state index is 5.88. The molecular weight excluding hydrogens is 274 g/mol. The molecule has 1 atom stereocenters. The molecule has 1 saturated carbocycles. The minimum Gasteiger partial charge on any atom is -0.364 e. The molecule has 0 radical (unpaired) electrons. The van der Waals surface area contributed by atoms with Gasteiger partial charge < -0.3 is 16.0 Å². The van der Waals surface area contributed by atoms with Crippen LogP contribution in [0.1, 0.15) is 25.7 Å². The Labute approximate surface area is 130 Å². The fourth-order valence-electron chi connectivity index (χ4n) is 3.18. The largest absolute Gasteiger partial charge is 0.364 e. The van der Waals surface area contributed by atoms with Gasteiger partial charge >= 0.3 is 0 Å². The fourth-order valence-corrected chi connectivity index (χ4v) is 3.18. The highest BCUT2D eigenvalue weighted by Gasteiger charge is 2.27. The van der Waals surface area contributed by atoms with Crippen LogP contribution in [0.3, 0.4) is 0 Å². The van der Waals surface area contributed by atoms with Crippen molar-refractivity contribution in [3.05, 3.63) is 24.3 Å². The second kappa shape index (κ2) is 5.72. The molecule has 1 aliphatic carbocycles. The van der Waals surface area contributed by atoms with Gasteiger partial charge in [-0.3, -0.25) is 0 Å². The maximum atomic E-state index is 5.88. The number of rotatable bonds is 4. The molecule has 4 rings (SSSR count). The number of nitrogens with zero attached hydrogens (tertiary/aromatic N) is 3. The Bertz CT molecular complexity index is 667. The highest BCUT2D eigenvalue weighted by Crippen LogP contribution is 2.32. The molecule has 2 fully saturated rings. The number of aromatic nitrogens is 2.